The maximum absolute atomic E-state index is 13.6. The number of rotatable bonds is 11. The second-order valence-electron chi connectivity index (χ2n) is 11.1. The summed E-state index contributed by atoms with van der Waals surface area (Å²) in [5, 5.41) is 7.88. The molecule has 1 amide bonds. The number of para-hydroxylation sites is 1. The third-order valence-corrected chi connectivity index (χ3v) is 7.84. The normalized spacial score (nSPS) is 13.2. The second kappa shape index (κ2) is 16.7. The quantitative estimate of drug-likeness (QED) is 0.142. The molecule has 2 N–H and O–H groups in total. The van der Waals surface area contributed by atoms with Crippen LogP contribution in [-0.4, -0.2) is 70.7 Å². The van der Waals surface area contributed by atoms with Crippen molar-refractivity contribution in [2.45, 2.75) is 31.8 Å². The van der Waals surface area contributed by atoms with Gasteiger partial charge >= 0.3 is 0 Å². The third kappa shape index (κ3) is 9.65. The van der Waals surface area contributed by atoms with Gasteiger partial charge in [-0.15, -0.1) is 0 Å². The van der Waals surface area contributed by atoms with Crippen LogP contribution in [0.3, 0.4) is 0 Å². The van der Waals surface area contributed by atoms with Gasteiger partial charge in [0.25, 0.3) is 0 Å². The van der Waals surface area contributed by atoms with Crippen molar-refractivity contribution < 1.29 is 18.7 Å². The van der Waals surface area contributed by atoms with Crippen molar-refractivity contribution in [1.82, 2.24) is 24.8 Å². The summed E-state index contributed by atoms with van der Waals surface area (Å²) in [6.45, 7) is 2.00. The summed E-state index contributed by atoms with van der Waals surface area (Å²) in [7, 11) is 3.62. The lowest BCUT2D eigenvalue weighted by Crippen LogP contribution is -2.23. The molecule has 0 bridgehead atoms. The molecule has 0 saturated heterocycles. The average molecular weight is 658 g/mol. The van der Waals surface area contributed by atoms with E-state index in [1.807, 2.05) is 43.6 Å². The van der Waals surface area contributed by atoms with E-state index in [9.17, 15) is 9.18 Å². The highest BCUT2D eigenvalue weighted by molar-refractivity contribution is 6.31. The first-order valence-electron chi connectivity index (χ1n) is 15.4. The van der Waals surface area contributed by atoms with E-state index in [2.05, 4.69) is 35.5 Å². The van der Waals surface area contributed by atoms with Crippen molar-refractivity contribution in [1.29, 1.82) is 0 Å². The molecule has 12 heteroatoms. The fourth-order valence-electron chi connectivity index (χ4n) is 5.05. The van der Waals surface area contributed by atoms with Crippen molar-refractivity contribution >= 4 is 56.5 Å². The first kappa shape index (κ1) is 33.6. The highest BCUT2D eigenvalue weighted by Gasteiger charge is 2.20. The van der Waals surface area contributed by atoms with Crippen LogP contribution >= 0.6 is 11.6 Å². The van der Waals surface area contributed by atoms with Crippen LogP contribution in [0, 0.1) is 5.82 Å². The molecule has 10 nitrogen and oxygen atoms in total. The van der Waals surface area contributed by atoms with E-state index in [0.29, 0.717) is 47.0 Å². The molecule has 1 fully saturated rings. The van der Waals surface area contributed by atoms with Crippen LogP contribution in [0.2, 0.25) is 5.02 Å². The minimum absolute atomic E-state index is 0.00298. The maximum Gasteiger partial charge on any atom is 0.248 e. The fourth-order valence-corrected chi connectivity index (χ4v) is 5.23. The van der Waals surface area contributed by atoms with Crippen LogP contribution in [0.4, 0.5) is 21.6 Å². The van der Waals surface area contributed by atoms with Gasteiger partial charge in [0, 0.05) is 55.0 Å². The zero-order chi connectivity index (χ0) is 33.0. The molecule has 2 heterocycles. The molecule has 244 valence electrons. The van der Waals surface area contributed by atoms with Gasteiger partial charge in [0.05, 0.1) is 34.5 Å². The summed E-state index contributed by atoms with van der Waals surface area (Å²) < 4.78 is 25.0. The molecular weight excluding hydrogens is 621 g/mol. The zero-order valence-electron chi connectivity index (χ0n) is 26.3. The predicted molar refractivity (Wildman–Crippen MR) is 184 cm³/mol. The van der Waals surface area contributed by atoms with Crippen LogP contribution in [0.25, 0.3) is 21.8 Å². The Morgan fingerprint density at radius 1 is 1.06 bits per heavy atom. The number of hydrogen-bond acceptors (Lipinski definition) is 9. The number of benzene rings is 3. The van der Waals surface area contributed by atoms with E-state index in [-0.39, 0.29) is 17.0 Å². The lowest BCUT2D eigenvalue weighted by molar-refractivity contribution is -0.111. The Kier molecular flexibility index (Phi) is 12.0. The van der Waals surface area contributed by atoms with Crippen LogP contribution in [0.5, 0.6) is 5.75 Å². The minimum Gasteiger partial charge on any atom is -0.488 e. The van der Waals surface area contributed by atoms with E-state index in [1.54, 1.807) is 31.6 Å². The molecular formula is C35H37ClFN7O3. The molecule has 1 aliphatic carbocycles. The summed E-state index contributed by atoms with van der Waals surface area (Å²) >= 11 is 5.94. The molecule has 0 spiro atoms. The first-order chi connectivity index (χ1) is 22.9. The van der Waals surface area contributed by atoms with Crippen LogP contribution < -0.4 is 15.4 Å². The Labute approximate surface area is 278 Å². The van der Waals surface area contributed by atoms with Crippen molar-refractivity contribution in [3.8, 4) is 5.75 Å². The summed E-state index contributed by atoms with van der Waals surface area (Å²) in [4.78, 5) is 31.6. The molecule has 0 unspecified atom stereocenters. The number of hydrogen-bond donors (Lipinski definition) is 2. The molecule has 2 aromatic heterocycles. The van der Waals surface area contributed by atoms with Gasteiger partial charge in [0.15, 0.2) is 0 Å². The number of nitrogens with one attached hydrogen (secondary N) is 2. The molecule has 0 radical (unpaired) electrons. The SMILES string of the molecule is COCCN(C)CC=CC(=O)Nc1cc2c(Nc3ccc(F)c(Cl)c3)ncnc2cc1OC1CCCC1.c1ccc2ncncc2c1. The van der Waals surface area contributed by atoms with Gasteiger partial charge in [-0.25, -0.2) is 24.3 Å². The number of amides is 1. The van der Waals surface area contributed by atoms with Crippen molar-refractivity contribution in [2.75, 3.05) is 44.5 Å². The zero-order valence-corrected chi connectivity index (χ0v) is 27.1. The van der Waals surface area contributed by atoms with Gasteiger partial charge in [-0.2, -0.15) is 0 Å². The monoisotopic (exact) mass is 657 g/mol. The van der Waals surface area contributed by atoms with Crippen molar-refractivity contribution in [3.63, 3.8) is 0 Å². The Hall–Kier alpha value is -4.71. The first-order valence-corrected chi connectivity index (χ1v) is 15.7. The largest absolute Gasteiger partial charge is 0.488 e. The number of methoxy groups -OCH3 is 1. The van der Waals surface area contributed by atoms with Gasteiger partial charge in [0.1, 0.15) is 30.0 Å². The Bertz CT molecular complexity index is 1770. The number of ether oxygens (including phenoxy) is 2. The lowest BCUT2D eigenvalue weighted by Gasteiger charge is -2.18. The molecule has 0 aliphatic heterocycles. The summed E-state index contributed by atoms with van der Waals surface area (Å²) in [6, 6.07) is 15.9. The van der Waals surface area contributed by atoms with Crippen LogP contribution in [0.15, 0.2) is 85.6 Å². The third-order valence-electron chi connectivity index (χ3n) is 7.55. The van der Waals surface area contributed by atoms with E-state index < -0.39 is 5.82 Å². The molecule has 1 saturated carbocycles. The number of carbonyl (C=O) groups excluding carboxylic acids is 1. The molecule has 0 atom stereocenters. The smallest absolute Gasteiger partial charge is 0.248 e. The lowest BCUT2D eigenvalue weighted by atomic mass is 10.1. The average Bonchev–Trinajstić information content (AvgIpc) is 3.59. The number of carbonyl (C=O) groups is 1. The van der Waals surface area contributed by atoms with Gasteiger partial charge in [-0.3, -0.25) is 4.79 Å². The Morgan fingerprint density at radius 2 is 1.87 bits per heavy atom. The van der Waals surface area contributed by atoms with Crippen LogP contribution in [-0.2, 0) is 9.53 Å². The summed E-state index contributed by atoms with van der Waals surface area (Å²) in [6.07, 6.45) is 12.4. The number of fused-ring (bicyclic) bond motifs is 2. The molecule has 47 heavy (non-hydrogen) atoms. The highest BCUT2D eigenvalue weighted by atomic mass is 35.5. The van der Waals surface area contributed by atoms with Gasteiger partial charge in [-0.05, 0) is 63.1 Å². The number of aromatic nitrogens is 4. The number of anilines is 3. The number of halogens is 2. The van der Waals surface area contributed by atoms with Gasteiger partial charge in [-0.1, -0.05) is 35.9 Å². The molecule has 1 aliphatic rings. The molecule has 3 aromatic carbocycles. The fraction of sp³-hybridized carbons (Fsp3) is 0.286. The van der Waals surface area contributed by atoms with Gasteiger partial charge in [0.2, 0.25) is 5.91 Å². The second-order valence-corrected chi connectivity index (χ2v) is 11.5. The van der Waals surface area contributed by atoms with Crippen molar-refractivity contribution in [3.05, 3.63) is 96.4 Å². The molecule has 5 aromatic rings. The highest BCUT2D eigenvalue weighted by Crippen LogP contribution is 2.36. The van der Waals surface area contributed by atoms with E-state index in [1.165, 1.54) is 24.5 Å². The topological polar surface area (TPSA) is 114 Å². The van der Waals surface area contributed by atoms with E-state index in [4.69, 9.17) is 21.1 Å². The Balaban J connectivity index is 0.000000365. The number of likely N-dealkylation sites (N-methyl/N-ethyl adjacent to an activating group) is 1. The van der Waals surface area contributed by atoms with Gasteiger partial charge < -0.3 is 25.0 Å². The maximum atomic E-state index is 13.6. The standard InChI is InChI=1S/C27H31ClFN5O3.C8H6N2/c1-34(12-13-36-2)11-5-8-26(35)33-24-15-20-23(16-25(24)37-19-6-3-4-7-19)30-17-31-27(20)32-18-9-10-22(29)21(28)14-18;1-2-4-8-7(3-1)5-9-6-10-8/h5,8-10,14-17,19H,3-4,6-7,11-13H2,1-2H3,(H,33,35)(H,30,31,32);1-6H. The summed E-state index contributed by atoms with van der Waals surface area (Å²) in [5.74, 6) is 0.280. The predicted octanol–water partition coefficient (Wildman–Crippen LogP) is 7.19. The van der Waals surface area contributed by atoms with E-state index >= 15 is 0 Å². The molecule has 6 rings (SSSR count). The Morgan fingerprint density at radius 3 is 2.66 bits per heavy atom. The minimum atomic E-state index is -0.503. The van der Waals surface area contributed by atoms with Crippen LogP contribution in [0.1, 0.15) is 25.7 Å². The van der Waals surface area contributed by atoms with E-state index in [0.717, 1.165) is 43.1 Å². The van der Waals surface area contributed by atoms with Crippen molar-refractivity contribution in [2.24, 2.45) is 0 Å². The number of nitrogens with zero attached hydrogens (tertiary/aromatic N) is 5. The summed E-state index contributed by atoms with van der Waals surface area (Å²) in [5.41, 5.74) is 2.74.